The number of thiophene rings is 1. The molecule has 0 saturated heterocycles. The van der Waals surface area contributed by atoms with Crippen molar-refractivity contribution in [2.24, 2.45) is 5.92 Å². The van der Waals surface area contributed by atoms with Crippen LogP contribution in [0.15, 0.2) is 18.2 Å². The molecule has 0 spiro atoms. The molecule has 0 radical (unpaired) electrons. The van der Waals surface area contributed by atoms with Crippen LogP contribution in [0.5, 0.6) is 11.5 Å². The van der Waals surface area contributed by atoms with Gasteiger partial charge in [-0.1, -0.05) is 6.92 Å². The van der Waals surface area contributed by atoms with Crippen LogP contribution in [0, 0.1) is 12.8 Å². The largest absolute Gasteiger partial charge is 0.493 e. The second-order valence-electron chi connectivity index (χ2n) is 6.38. The Morgan fingerprint density at radius 1 is 1.21 bits per heavy atom. The number of ether oxygens (including phenoxy) is 2. The number of rotatable bonds is 4. The third-order valence-electron chi connectivity index (χ3n) is 4.53. The van der Waals surface area contributed by atoms with Gasteiger partial charge in [0.05, 0.1) is 19.1 Å². The quantitative estimate of drug-likeness (QED) is 0.890. The molecule has 1 N–H and O–H groups in total. The maximum absolute atomic E-state index is 12.6. The molecule has 1 aliphatic rings. The van der Waals surface area contributed by atoms with Crippen molar-refractivity contribution in [3.63, 3.8) is 0 Å². The number of fused-ring (bicyclic) bond motifs is 1. The lowest BCUT2D eigenvalue weighted by atomic mass is 9.90. The highest BCUT2D eigenvalue weighted by Crippen LogP contribution is 2.35. The Morgan fingerprint density at radius 2 is 1.92 bits per heavy atom. The summed E-state index contributed by atoms with van der Waals surface area (Å²) < 4.78 is 10.6. The van der Waals surface area contributed by atoms with E-state index in [4.69, 9.17) is 9.47 Å². The predicted octanol–water partition coefficient (Wildman–Crippen LogP) is 4.45. The maximum Gasteiger partial charge on any atom is 0.265 e. The molecule has 0 saturated carbocycles. The topological polar surface area (TPSA) is 47.6 Å². The maximum atomic E-state index is 12.6. The summed E-state index contributed by atoms with van der Waals surface area (Å²) >= 11 is 1.62. The van der Waals surface area contributed by atoms with Gasteiger partial charge in [0.15, 0.2) is 11.5 Å². The van der Waals surface area contributed by atoms with Crippen molar-refractivity contribution < 1.29 is 14.3 Å². The number of nitrogens with one attached hydrogen (secondary N) is 1. The first-order chi connectivity index (χ1) is 11.5. The molecule has 1 atom stereocenters. The average molecular weight is 345 g/mol. The number of hydrogen-bond acceptors (Lipinski definition) is 4. The Morgan fingerprint density at radius 3 is 2.62 bits per heavy atom. The molecule has 0 bridgehead atoms. The van der Waals surface area contributed by atoms with Crippen molar-refractivity contribution in [3.8, 4) is 11.5 Å². The summed E-state index contributed by atoms with van der Waals surface area (Å²) in [7, 11) is 3.19. The number of amides is 1. The zero-order chi connectivity index (χ0) is 17.3. The van der Waals surface area contributed by atoms with Crippen LogP contribution in [-0.2, 0) is 12.8 Å². The second kappa shape index (κ2) is 6.85. The van der Waals surface area contributed by atoms with Crippen molar-refractivity contribution >= 4 is 22.9 Å². The molecule has 1 amide bonds. The van der Waals surface area contributed by atoms with Crippen LogP contribution < -0.4 is 14.8 Å². The molecule has 5 heteroatoms. The molecule has 0 aliphatic heterocycles. The summed E-state index contributed by atoms with van der Waals surface area (Å²) in [5, 5.41) is 3.01. The zero-order valence-electron chi connectivity index (χ0n) is 14.6. The van der Waals surface area contributed by atoms with Crippen LogP contribution in [0.1, 0.15) is 39.0 Å². The van der Waals surface area contributed by atoms with Gasteiger partial charge in [-0.05, 0) is 55.4 Å². The van der Waals surface area contributed by atoms with Gasteiger partial charge in [0.25, 0.3) is 5.91 Å². The number of methoxy groups -OCH3 is 2. The second-order valence-corrected chi connectivity index (χ2v) is 7.52. The fourth-order valence-corrected chi connectivity index (χ4v) is 4.22. The van der Waals surface area contributed by atoms with E-state index in [1.54, 1.807) is 25.6 Å². The average Bonchev–Trinajstić information content (AvgIpc) is 2.99. The van der Waals surface area contributed by atoms with E-state index in [9.17, 15) is 4.79 Å². The van der Waals surface area contributed by atoms with Crippen LogP contribution in [0.25, 0.3) is 0 Å². The third-order valence-corrected chi connectivity index (χ3v) is 5.77. The number of benzene rings is 1. The lowest BCUT2D eigenvalue weighted by molar-refractivity contribution is 0.103. The van der Waals surface area contributed by atoms with E-state index in [2.05, 4.69) is 18.3 Å². The molecule has 1 heterocycles. The van der Waals surface area contributed by atoms with E-state index in [1.165, 1.54) is 16.9 Å². The molecule has 2 aromatic rings. The molecule has 0 fully saturated rings. The molecule has 4 nitrogen and oxygen atoms in total. The highest BCUT2D eigenvalue weighted by atomic mass is 32.1. The minimum absolute atomic E-state index is 0.0580. The minimum atomic E-state index is -0.0580. The van der Waals surface area contributed by atoms with Gasteiger partial charge < -0.3 is 14.8 Å². The van der Waals surface area contributed by atoms with Gasteiger partial charge in [-0.15, -0.1) is 11.3 Å². The van der Waals surface area contributed by atoms with Gasteiger partial charge in [0.2, 0.25) is 0 Å². The number of aryl methyl sites for hydroxylation is 2. The van der Waals surface area contributed by atoms with Crippen molar-refractivity contribution in [2.75, 3.05) is 19.5 Å². The van der Waals surface area contributed by atoms with E-state index >= 15 is 0 Å². The third kappa shape index (κ3) is 3.26. The van der Waals surface area contributed by atoms with Gasteiger partial charge in [0, 0.05) is 16.6 Å². The van der Waals surface area contributed by atoms with Crippen molar-refractivity contribution in [3.05, 3.63) is 39.1 Å². The molecule has 24 heavy (non-hydrogen) atoms. The number of carbonyl (C=O) groups excluding carboxylic acids is 1. The van der Waals surface area contributed by atoms with Crippen molar-refractivity contribution in [1.29, 1.82) is 0 Å². The van der Waals surface area contributed by atoms with Gasteiger partial charge in [-0.2, -0.15) is 0 Å². The van der Waals surface area contributed by atoms with E-state index in [0.717, 1.165) is 29.0 Å². The van der Waals surface area contributed by atoms with Crippen LogP contribution >= 0.6 is 11.3 Å². The zero-order valence-corrected chi connectivity index (χ0v) is 15.4. The Balaban J connectivity index is 1.82. The lowest BCUT2D eigenvalue weighted by Crippen LogP contribution is -2.11. The molecule has 0 unspecified atom stereocenters. The summed E-state index contributed by atoms with van der Waals surface area (Å²) in [5.41, 5.74) is 3.03. The predicted molar refractivity (Wildman–Crippen MR) is 97.7 cm³/mol. The van der Waals surface area contributed by atoms with Crippen molar-refractivity contribution in [1.82, 2.24) is 0 Å². The van der Waals surface area contributed by atoms with Gasteiger partial charge >= 0.3 is 0 Å². The van der Waals surface area contributed by atoms with E-state index in [0.29, 0.717) is 17.4 Å². The molecule has 128 valence electrons. The van der Waals surface area contributed by atoms with Gasteiger partial charge in [0.1, 0.15) is 0 Å². The standard InChI is InChI=1S/C19H23NO3S/c1-11-5-6-17-13(7-11)9-18(24-17)19(21)20-14-10-16(23-4)15(22-3)8-12(14)2/h8-11H,5-7H2,1-4H3,(H,20,21)/t11-/m0/s1. The van der Waals surface area contributed by atoms with Crippen LogP contribution in [-0.4, -0.2) is 20.1 Å². The first-order valence-corrected chi connectivity index (χ1v) is 8.99. The monoisotopic (exact) mass is 345 g/mol. The first-order valence-electron chi connectivity index (χ1n) is 8.17. The van der Waals surface area contributed by atoms with Crippen LogP contribution in [0.4, 0.5) is 5.69 Å². The highest BCUT2D eigenvalue weighted by Gasteiger charge is 2.21. The number of hydrogen-bond donors (Lipinski definition) is 1. The molecular formula is C19H23NO3S. The molecule has 3 rings (SSSR count). The summed E-state index contributed by atoms with van der Waals surface area (Å²) in [6, 6.07) is 5.73. The number of carbonyl (C=O) groups is 1. The lowest BCUT2D eigenvalue weighted by Gasteiger charge is -2.16. The van der Waals surface area contributed by atoms with E-state index in [1.807, 2.05) is 19.1 Å². The van der Waals surface area contributed by atoms with Crippen molar-refractivity contribution in [2.45, 2.75) is 33.1 Å². The molecule has 1 aliphatic carbocycles. The molecular weight excluding hydrogens is 322 g/mol. The normalized spacial score (nSPS) is 16.4. The fourth-order valence-electron chi connectivity index (χ4n) is 3.12. The smallest absolute Gasteiger partial charge is 0.265 e. The summed E-state index contributed by atoms with van der Waals surface area (Å²) in [6.45, 7) is 4.21. The van der Waals surface area contributed by atoms with Crippen LogP contribution in [0.2, 0.25) is 0 Å². The SMILES string of the molecule is COc1cc(C)c(NC(=O)c2cc3c(s2)CC[C@H](C)C3)cc1OC. The van der Waals surface area contributed by atoms with Gasteiger partial charge in [-0.25, -0.2) is 0 Å². The Bertz CT molecular complexity index is 766. The fraction of sp³-hybridized carbons (Fsp3) is 0.421. The highest BCUT2D eigenvalue weighted by molar-refractivity contribution is 7.14. The number of anilines is 1. The van der Waals surface area contributed by atoms with Gasteiger partial charge in [-0.3, -0.25) is 4.79 Å². The van der Waals surface area contributed by atoms with E-state index < -0.39 is 0 Å². The Labute approximate surface area is 146 Å². The Hall–Kier alpha value is -2.01. The first kappa shape index (κ1) is 16.8. The summed E-state index contributed by atoms with van der Waals surface area (Å²) in [6.07, 6.45) is 3.38. The van der Waals surface area contributed by atoms with Crippen LogP contribution in [0.3, 0.4) is 0 Å². The molecule has 1 aromatic heterocycles. The van der Waals surface area contributed by atoms with E-state index in [-0.39, 0.29) is 5.91 Å². The summed E-state index contributed by atoms with van der Waals surface area (Å²) in [4.78, 5) is 14.8. The molecule has 1 aromatic carbocycles. The minimum Gasteiger partial charge on any atom is -0.493 e. The Kier molecular flexibility index (Phi) is 4.81. The summed E-state index contributed by atoms with van der Waals surface area (Å²) in [5.74, 6) is 1.92.